The number of pyridine rings is 1. The first-order chi connectivity index (χ1) is 8.38. The van der Waals surface area contributed by atoms with Gasteiger partial charge in [0.05, 0.1) is 11.8 Å². The number of aromatic nitrogens is 1. The van der Waals surface area contributed by atoms with Crippen LogP contribution in [0.15, 0.2) is 36.5 Å². The highest BCUT2D eigenvalue weighted by Gasteiger charge is 2.30. The molecule has 0 atom stereocenters. The summed E-state index contributed by atoms with van der Waals surface area (Å²) in [6, 6.07) is 5.30. The van der Waals surface area contributed by atoms with Gasteiger partial charge in [-0.25, -0.2) is 4.98 Å². The zero-order chi connectivity index (χ0) is 13.3. The Balaban J connectivity index is 2.41. The smallest absolute Gasteiger partial charge is 0.416 e. The fraction of sp³-hybridized carbons (Fsp3) is 0.0833. The molecule has 0 spiro atoms. The Morgan fingerprint density at radius 3 is 2.11 bits per heavy atom. The minimum Gasteiger partial charge on any atom is -0.506 e. The third-order valence-electron chi connectivity index (χ3n) is 2.34. The van der Waals surface area contributed by atoms with E-state index in [2.05, 4.69) is 4.98 Å². The third kappa shape index (κ3) is 2.37. The Morgan fingerprint density at radius 2 is 1.61 bits per heavy atom. The Hall–Kier alpha value is -2.24. The predicted octanol–water partition coefficient (Wildman–Crippen LogP) is 3.18. The van der Waals surface area contributed by atoms with Gasteiger partial charge in [-0.3, -0.25) is 0 Å². The highest BCUT2D eigenvalue weighted by atomic mass is 19.4. The Bertz CT molecular complexity index is 565. The summed E-state index contributed by atoms with van der Waals surface area (Å²) in [7, 11) is 0. The first kappa shape index (κ1) is 12.2. The van der Waals surface area contributed by atoms with Gasteiger partial charge in [-0.2, -0.15) is 13.2 Å². The maximum atomic E-state index is 12.4. The summed E-state index contributed by atoms with van der Waals surface area (Å²) in [6.45, 7) is 0. The van der Waals surface area contributed by atoms with Gasteiger partial charge in [-0.05, 0) is 12.1 Å². The molecule has 3 nitrogen and oxygen atoms in total. The lowest BCUT2D eigenvalue weighted by Gasteiger charge is -2.08. The summed E-state index contributed by atoms with van der Waals surface area (Å²) < 4.78 is 37.1. The molecule has 0 radical (unpaired) electrons. The van der Waals surface area contributed by atoms with Crippen LogP contribution in [0.25, 0.3) is 11.3 Å². The standard InChI is InChI=1S/C12H8F3NO2/c13-12(14,15)8-3-1-7(2-4-8)11-10(18)5-9(17)6-16-11/h1-6,17-18H. The Morgan fingerprint density at radius 1 is 1.00 bits per heavy atom. The zero-order valence-electron chi connectivity index (χ0n) is 8.94. The molecule has 18 heavy (non-hydrogen) atoms. The van der Waals surface area contributed by atoms with Crippen molar-refractivity contribution in [2.75, 3.05) is 0 Å². The molecule has 2 N–H and O–H groups in total. The second-order valence-electron chi connectivity index (χ2n) is 3.64. The summed E-state index contributed by atoms with van der Waals surface area (Å²) in [5, 5.41) is 18.6. The van der Waals surface area contributed by atoms with Crippen LogP contribution in [0, 0.1) is 0 Å². The number of alkyl halides is 3. The van der Waals surface area contributed by atoms with Gasteiger partial charge in [0.25, 0.3) is 0 Å². The van der Waals surface area contributed by atoms with Gasteiger partial charge < -0.3 is 10.2 Å². The van der Waals surface area contributed by atoms with Crippen molar-refractivity contribution in [3.63, 3.8) is 0 Å². The second kappa shape index (κ2) is 4.21. The summed E-state index contributed by atoms with van der Waals surface area (Å²) >= 11 is 0. The monoisotopic (exact) mass is 255 g/mol. The quantitative estimate of drug-likeness (QED) is 0.822. The van der Waals surface area contributed by atoms with Gasteiger partial charge in [-0.15, -0.1) is 0 Å². The number of nitrogens with zero attached hydrogens (tertiary/aromatic N) is 1. The number of halogens is 3. The molecule has 2 rings (SSSR count). The van der Waals surface area contributed by atoms with Crippen LogP contribution in [0.4, 0.5) is 13.2 Å². The van der Waals surface area contributed by atoms with Crippen LogP contribution < -0.4 is 0 Å². The molecule has 1 heterocycles. The van der Waals surface area contributed by atoms with E-state index in [1.807, 2.05) is 0 Å². The summed E-state index contributed by atoms with van der Waals surface area (Å²) in [5.74, 6) is -0.516. The first-order valence-corrected chi connectivity index (χ1v) is 4.93. The fourth-order valence-electron chi connectivity index (χ4n) is 1.48. The molecule has 0 aliphatic heterocycles. The van der Waals surface area contributed by atoms with E-state index in [-0.39, 0.29) is 17.2 Å². The zero-order valence-corrected chi connectivity index (χ0v) is 8.94. The van der Waals surface area contributed by atoms with E-state index < -0.39 is 11.7 Å². The molecule has 0 saturated heterocycles. The minimum absolute atomic E-state index is 0.113. The molecule has 1 aromatic heterocycles. The Kier molecular flexibility index (Phi) is 2.86. The van der Waals surface area contributed by atoms with Crippen molar-refractivity contribution in [1.82, 2.24) is 4.98 Å². The third-order valence-corrected chi connectivity index (χ3v) is 2.34. The van der Waals surface area contributed by atoms with Gasteiger partial charge in [-0.1, -0.05) is 12.1 Å². The second-order valence-corrected chi connectivity index (χ2v) is 3.64. The van der Waals surface area contributed by atoms with Gasteiger partial charge in [0.1, 0.15) is 17.2 Å². The van der Waals surface area contributed by atoms with E-state index in [9.17, 15) is 18.3 Å². The molecule has 0 aliphatic carbocycles. The van der Waals surface area contributed by atoms with E-state index in [1.54, 1.807) is 0 Å². The summed E-state index contributed by atoms with van der Waals surface area (Å²) in [6.07, 6.45) is -3.30. The summed E-state index contributed by atoms with van der Waals surface area (Å²) in [4.78, 5) is 3.76. The highest BCUT2D eigenvalue weighted by Crippen LogP contribution is 2.33. The van der Waals surface area contributed by atoms with Crippen molar-refractivity contribution in [2.24, 2.45) is 0 Å². The first-order valence-electron chi connectivity index (χ1n) is 4.93. The molecule has 6 heteroatoms. The van der Waals surface area contributed by atoms with Crippen LogP contribution in [0.5, 0.6) is 11.5 Å². The number of rotatable bonds is 1. The van der Waals surface area contributed by atoms with Crippen LogP contribution >= 0.6 is 0 Å². The normalized spacial score (nSPS) is 11.5. The van der Waals surface area contributed by atoms with E-state index in [1.165, 1.54) is 12.1 Å². The van der Waals surface area contributed by atoms with E-state index in [4.69, 9.17) is 5.11 Å². The maximum absolute atomic E-state index is 12.4. The minimum atomic E-state index is -4.40. The molecule has 2 aromatic rings. The molecule has 0 unspecified atom stereocenters. The van der Waals surface area contributed by atoms with Gasteiger partial charge in [0.2, 0.25) is 0 Å². The molecule has 0 saturated carbocycles. The number of hydrogen-bond donors (Lipinski definition) is 2. The number of aromatic hydroxyl groups is 2. The van der Waals surface area contributed by atoms with E-state index in [0.717, 1.165) is 24.4 Å². The van der Waals surface area contributed by atoms with Gasteiger partial charge in [0, 0.05) is 11.6 Å². The predicted molar refractivity (Wildman–Crippen MR) is 58.0 cm³/mol. The Labute approximate surface area is 100 Å². The van der Waals surface area contributed by atoms with Gasteiger partial charge in [0.15, 0.2) is 0 Å². The van der Waals surface area contributed by atoms with Crippen molar-refractivity contribution in [3.8, 4) is 22.8 Å². The van der Waals surface area contributed by atoms with Gasteiger partial charge >= 0.3 is 6.18 Å². The molecule has 94 valence electrons. The fourth-order valence-corrected chi connectivity index (χ4v) is 1.48. The van der Waals surface area contributed by atoms with Crippen molar-refractivity contribution < 1.29 is 23.4 Å². The van der Waals surface area contributed by atoms with Crippen molar-refractivity contribution in [1.29, 1.82) is 0 Å². The SMILES string of the molecule is Oc1cnc(-c2ccc(C(F)(F)F)cc2)c(O)c1. The summed E-state index contributed by atoms with van der Waals surface area (Å²) in [5.41, 5.74) is -0.327. The van der Waals surface area contributed by atoms with Crippen molar-refractivity contribution in [2.45, 2.75) is 6.18 Å². The van der Waals surface area contributed by atoms with Crippen molar-refractivity contribution >= 4 is 0 Å². The molecule has 0 aliphatic rings. The molecule has 1 aromatic carbocycles. The van der Waals surface area contributed by atoms with E-state index in [0.29, 0.717) is 5.56 Å². The number of hydrogen-bond acceptors (Lipinski definition) is 3. The van der Waals surface area contributed by atoms with Crippen LogP contribution in [0.1, 0.15) is 5.56 Å². The van der Waals surface area contributed by atoms with Crippen LogP contribution in [0.2, 0.25) is 0 Å². The van der Waals surface area contributed by atoms with Crippen molar-refractivity contribution in [3.05, 3.63) is 42.1 Å². The molecule has 0 fully saturated rings. The van der Waals surface area contributed by atoms with Crippen LogP contribution in [-0.4, -0.2) is 15.2 Å². The molecular formula is C12H8F3NO2. The molecule has 0 amide bonds. The van der Waals surface area contributed by atoms with E-state index >= 15 is 0 Å². The molecular weight excluding hydrogens is 247 g/mol. The maximum Gasteiger partial charge on any atom is 0.416 e. The number of benzene rings is 1. The lowest BCUT2D eigenvalue weighted by molar-refractivity contribution is -0.137. The lowest BCUT2D eigenvalue weighted by atomic mass is 10.1. The average Bonchev–Trinajstić information content (AvgIpc) is 2.28. The largest absolute Gasteiger partial charge is 0.506 e. The highest BCUT2D eigenvalue weighted by molar-refractivity contribution is 5.66. The lowest BCUT2D eigenvalue weighted by Crippen LogP contribution is -2.04. The molecule has 0 bridgehead atoms. The average molecular weight is 255 g/mol. The van der Waals surface area contributed by atoms with Crippen LogP contribution in [0.3, 0.4) is 0 Å². The van der Waals surface area contributed by atoms with Crippen LogP contribution in [-0.2, 0) is 6.18 Å². The topological polar surface area (TPSA) is 53.4 Å².